The molecule has 0 saturated carbocycles. The van der Waals surface area contributed by atoms with Crippen LogP contribution in [0.5, 0.6) is 0 Å². The first-order chi connectivity index (χ1) is 10.9. The molecule has 5 nitrogen and oxygen atoms in total. The molecule has 1 aliphatic heterocycles. The Morgan fingerprint density at radius 3 is 2.83 bits per heavy atom. The van der Waals surface area contributed by atoms with Crippen molar-refractivity contribution in [1.82, 2.24) is 15.1 Å². The first-order valence-electron chi connectivity index (χ1n) is 7.01. The molecule has 1 fully saturated rings. The highest BCUT2D eigenvalue weighted by molar-refractivity contribution is 5.94. The van der Waals surface area contributed by atoms with Gasteiger partial charge in [-0.3, -0.25) is 9.89 Å². The fourth-order valence-electron chi connectivity index (χ4n) is 2.81. The van der Waals surface area contributed by atoms with Gasteiger partial charge in [0.25, 0.3) is 5.91 Å². The summed E-state index contributed by atoms with van der Waals surface area (Å²) in [6.07, 6.45) is -2.27. The molecule has 1 saturated heterocycles. The molecule has 1 aliphatic rings. The summed E-state index contributed by atoms with van der Waals surface area (Å²) in [4.78, 5) is 13.8. The van der Waals surface area contributed by atoms with Gasteiger partial charge in [0.15, 0.2) is 0 Å². The van der Waals surface area contributed by atoms with Crippen LogP contribution in [0.3, 0.4) is 0 Å². The predicted molar refractivity (Wildman–Crippen MR) is 74.4 cm³/mol. The number of nitrogens with one attached hydrogen (secondary N) is 1. The number of aliphatic hydroxyl groups excluding tert-OH is 1. The van der Waals surface area contributed by atoms with Crippen LogP contribution in [0.1, 0.15) is 33.9 Å². The molecule has 2 atom stereocenters. The summed E-state index contributed by atoms with van der Waals surface area (Å²) < 4.78 is 38.6. The second-order valence-corrected chi connectivity index (χ2v) is 5.47. The van der Waals surface area contributed by atoms with Gasteiger partial charge in [0, 0.05) is 12.7 Å². The lowest BCUT2D eigenvalue weighted by Crippen LogP contribution is -2.31. The molecule has 1 amide bonds. The Labute approximate surface area is 129 Å². The van der Waals surface area contributed by atoms with E-state index in [2.05, 4.69) is 10.2 Å². The van der Waals surface area contributed by atoms with Crippen LogP contribution in [0.2, 0.25) is 0 Å². The average Bonchev–Trinajstić information content (AvgIpc) is 3.15. The molecular weight excluding hydrogens is 311 g/mol. The van der Waals surface area contributed by atoms with Gasteiger partial charge >= 0.3 is 6.18 Å². The summed E-state index contributed by atoms with van der Waals surface area (Å²) >= 11 is 0. The molecule has 0 unspecified atom stereocenters. The molecule has 0 radical (unpaired) electrons. The van der Waals surface area contributed by atoms with Gasteiger partial charge < -0.3 is 10.0 Å². The molecule has 1 aromatic heterocycles. The fraction of sp³-hybridized carbons (Fsp3) is 0.333. The molecule has 2 aromatic rings. The quantitative estimate of drug-likeness (QED) is 0.891. The topological polar surface area (TPSA) is 69.2 Å². The third-order valence-electron chi connectivity index (χ3n) is 3.88. The Bertz CT molecular complexity index is 700. The molecule has 0 bridgehead atoms. The third-order valence-corrected chi connectivity index (χ3v) is 3.88. The maximum absolute atomic E-state index is 12.9. The second-order valence-electron chi connectivity index (χ2n) is 5.47. The zero-order chi connectivity index (χ0) is 16.6. The molecule has 8 heteroatoms. The van der Waals surface area contributed by atoms with E-state index in [1.54, 1.807) is 0 Å². The summed E-state index contributed by atoms with van der Waals surface area (Å²) in [6.45, 7) is 0.0743. The largest absolute Gasteiger partial charge is 0.416 e. The highest BCUT2D eigenvalue weighted by Crippen LogP contribution is 2.36. The van der Waals surface area contributed by atoms with Crippen LogP contribution in [0, 0.1) is 0 Å². The number of rotatable bonds is 2. The van der Waals surface area contributed by atoms with E-state index in [0.717, 1.165) is 12.1 Å². The standard InChI is InChI=1S/C15H14F3N3O2/c16-15(17,18)11-3-1-2-9(4-11)13-5-12(22)8-21(13)14(23)10-6-19-20-7-10/h1-4,6-7,12-13,22H,5,8H2,(H,19,20)/t12-,13-/m1/s1. The second kappa shape index (κ2) is 5.69. The average molecular weight is 325 g/mol. The number of carbonyl (C=O) groups is 1. The maximum Gasteiger partial charge on any atom is 0.416 e. The van der Waals surface area contributed by atoms with Gasteiger partial charge in [0.05, 0.1) is 29.5 Å². The van der Waals surface area contributed by atoms with Gasteiger partial charge in [-0.25, -0.2) is 0 Å². The summed E-state index contributed by atoms with van der Waals surface area (Å²) in [5.41, 5.74) is -0.114. The lowest BCUT2D eigenvalue weighted by atomic mass is 10.0. The molecular formula is C15H14F3N3O2. The molecule has 0 aliphatic carbocycles. The minimum Gasteiger partial charge on any atom is -0.391 e. The lowest BCUT2D eigenvalue weighted by molar-refractivity contribution is -0.137. The number of likely N-dealkylation sites (tertiary alicyclic amines) is 1. The van der Waals surface area contributed by atoms with E-state index in [-0.39, 0.29) is 18.9 Å². The van der Waals surface area contributed by atoms with Crippen LogP contribution in [0.4, 0.5) is 13.2 Å². The van der Waals surface area contributed by atoms with E-state index >= 15 is 0 Å². The van der Waals surface area contributed by atoms with E-state index in [9.17, 15) is 23.1 Å². The van der Waals surface area contributed by atoms with Crippen molar-refractivity contribution in [3.63, 3.8) is 0 Å². The van der Waals surface area contributed by atoms with Gasteiger partial charge in [-0.1, -0.05) is 12.1 Å². The van der Waals surface area contributed by atoms with Gasteiger partial charge in [0.1, 0.15) is 0 Å². The summed E-state index contributed by atoms with van der Waals surface area (Å²) in [6, 6.07) is 4.25. The van der Waals surface area contributed by atoms with E-state index in [1.165, 1.54) is 29.4 Å². The van der Waals surface area contributed by atoms with Crippen molar-refractivity contribution >= 4 is 5.91 Å². The Balaban J connectivity index is 1.92. The molecule has 23 heavy (non-hydrogen) atoms. The number of carbonyl (C=O) groups excluding carboxylic acids is 1. The van der Waals surface area contributed by atoms with Crippen LogP contribution in [0.15, 0.2) is 36.7 Å². The van der Waals surface area contributed by atoms with Crippen LogP contribution >= 0.6 is 0 Å². The number of nitrogens with zero attached hydrogens (tertiary/aromatic N) is 2. The number of aromatic amines is 1. The van der Waals surface area contributed by atoms with Gasteiger partial charge in [-0.2, -0.15) is 18.3 Å². The Morgan fingerprint density at radius 1 is 1.39 bits per heavy atom. The van der Waals surface area contributed by atoms with Crippen molar-refractivity contribution in [3.05, 3.63) is 53.3 Å². The van der Waals surface area contributed by atoms with Gasteiger partial charge in [0.2, 0.25) is 0 Å². The smallest absolute Gasteiger partial charge is 0.391 e. The predicted octanol–water partition coefficient (Wildman–Crippen LogP) is 2.38. The van der Waals surface area contributed by atoms with Gasteiger partial charge in [-0.05, 0) is 24.1 Å². The number of β-amino-alcohol motifs (C(OH)–C–C–N with tert-alkyl or cyclic N) is 1. The van der Waals surface area contributed by atoms with Crippen molar-refractivity contribution in [3.8, 4) is 0 Å². The molecule has 2 N–H and O–H groups in total. The third kappa shape index (κ3) is 3.07. The monoisotopic (exact) mass is 325 g/mol. The summed E-state index contributed by atoms with van der Waals surface area (Å²) in [7, 11) is 0. The first kappa shape index (κ1) is 15.5. The number of aromatic nitrogens is 2. The number of hydrogen-bond donors (Lipinski definition) is 2. The van der Waals surface area contributed by atoms with E-state index in [4.69, 9.17) is 0 Å². The fourth-order valence-corrected chi connectivity index (χ4v) is 2.81. The van der Waals surface area contributed by atoms with E-state index < -0.39 is 23.9 Å². The van der Waals surface area contributed by atoms with Crippen molar-refractivity contribution in [2.75, 3.05) is 6.54 Å². The first-order valence-corrected chi connectivity index (χ1v) is 7.01. The number of amides is 1. The number of halogens is 3. The number of hydrogen-bond acceptors (Lipinski definition) is 3. The normalized spacial score (nSPS) is 21.7. The van der Waals surface area contributed by atoms with Crippen molar-refractivity contribution in [2.24, 2.45) is 0 Å². The Morgan fingerprint density at radius 2 is 2.17 bits per heavy atom. The zero-order valence-corrected chi connectivity index (χ0v) is 11.9. The number of benzene rings is 1. The van der Waals surface area contributed by atoms with Crippen LogP contribution < -0.4 is 0 Å². The molecule has 2 heterocycles. The minimum atomic E-state index is -4.45. The van der Waals surface area contributed by atoms with Crippen LogP contribution in [-0.2, 0) is 6.18 Å². The number of aliphatic hydroxyl groups is 1. The molecule has 1 aromatic carbocycles. The molecule has 0 spiro atoms. The highest BCUT2D eigenvalue weighted by atomic mass is 19.4. The van der Waals surface area contributed by atoms with Crippen LogP contribution in [-0.4, -0.2) is 38.8 Å². The van der Waals surface area contributed by atoms with E-state index in [0.29, 0.717) is 11.1 Å². The van der Waals surface area contributed by atoms with Crippen molar-refractivity contribution in [1.29, 1.82) is 0 Å². The molecule has 3 rings (SSSR count). The van der Waals surface area contributed by atoms with Gasteiger partial charge in [-0.15, -0.1) is 0 Å². The Hall–Kier alpha value is -2.35. The minimum absolute atomic E-state index is 0.0743. The van der Waals surface area contributed by atoms with Crippen LogP contribution in [0.25, 0.3) is 0 Å². The summed E-state index contributed by atoms with van der Waals surface area (Å²) in [5.74, 6) is -0.377. The lowest BCUT2D eigenvalue weighted by Gasteiger charge is -2.24. The molecule has 122 valence electrons. The number of H-pyrrole nitrogens is 1. The Kier molecular flexibility index (Phi) is 3.85. The highest BCUT2D eigenvalue weighted by Gasteiger charge is 2.37. The van der Waals surface area contributed by atoms with Crippen molar-refractivity contribution < 1.29 is 23.1 Å². The van der Waals surface area contributed by atoms with E-state index in [1.807, 2.05) is 0 Å². The zero-order valence-electron chi connectivity index (χ0n) is 11.9. The summed E-state index contributed by atoms with van der Waals surface area (Å²) in [5, 5.41) is 16.1. The maximum atomic E-state index is 12.9. The number of alkyl halides is 3. The van der Waals surface area contributed by atoms with Crippen molar-refractivity contribution in [2.45, 2.75) is 24.7 Å². The SMILES string of the molecule is O=C(c1cn[nH]c1)N1C[C@H](O)C[C@@H]1c1cccc(C(F)(F)F)c1.